The van der Waals surface area contributed by atoms with Crippen LogP contribution in [0.2, 0.25) is 0 Å². The Hall–Kier alpha value is -3.17. The van der Waals surface area contributed by atoms with Crippen LogP contribution in [-0.4, -0.2) is 75.4 Å². The number of benzene rings is 2. The Morgan fingerprint density at radius 1 is 0.914 bits per heavy atom. The number of amides is 2. The summed E-state index contributed by atoms with van der Waals surface area (Å²) in [5.74, 6) is 1.70. The molecular weight excluding hydrogens is 474 g/mol. The van der Waals surface area contributed by atoms with Crippen LogP contribution in [0, 0.1) is 0 Å². The summed E-state index contributed by atoms with van der Waals surface area (Å²) in [7, 11) is 4.78. The van der Waals surface area contributed by atoms with Gasteiger partial charge in [-0.2, -0.15) is 0 Å². The Morgan fingerprint density at radius 2 is 1.57 bits per heavy atom. The number of carbonyl (C=O) groups is 2. The number of ether oxygens (including phenoxy) is 4. The molecule has 2 aromatic carbocycles. The standard InChI is InChI=1S/C25H33N3O6.ClH/c1-18(26-25(30)34-17-19-8-6-5-7-9-19)24(29)28-14-12-27(13-15-28)16-20-10-11-21(31-2)23(33-4)22(20)32-3;/h5-11,18H,12-17H2,1-4H3,(H,26,30);1H/t18-;/m1./s1. The SMILES string of the molecule is COc1ccc(CN2CCN(C(=O)[C@@H](C)NC(=O)OCc3ccccc3)CC2)c(OC)c1OC.Cl. The summed E-state index contributed by atoms with van der Waals surface area (Å²) in [5, 5.41) is 2.63. The number of rotatable bonds is 9. The molecule has 35 heavy (non-hydrogen) atoms. The highest BCUT2D eigenvalue weighted by Gasteiger charge is 2.27. The first kappa shape index (κ1) is 28.1. The highest BCUT2D eigenvalue weighted by Crippen LogP contribution is 2.40. The average molecular weight is 508 g/mol. The minimum absolute atomic E-state index is 0. The summed E-state index contributed by atoms with van der Waals surface area (Å²) in [4.78, 5) is 28.9. The van der Waals surface area contributed by atoms with E-state index in [2.05, 4.69) is 10.2 Å². The number of carbonyl (C=O) groups excluding carboxylic acids is 2. The number of piperazine rings is 1. The van der Waals surface area contributed by atoms with Crippen molar-refractivity contribution in [2.45, 2.75) is 26.1 Å². The van der Waals surface area contributed by atoms with Crippen molar-refractivity contribution >= 4 is 24.4 Å². The van der Waals surface area contributed by atoms with E-state index in [1.165, 1.54) is 0 Å². The van der Waals surface area contributed by atoms with Crippen molar-refractivity contribution in [2.24, 2.45) is 0 Å². The van der Waals surface area contributed by atoms with Crippen LogP contribution in [-0.2, 0) is 22.7 Å². The third-order valence-corrected chi connectivity index (χ3v) is 5.78. The third-order valence-electron chi connectivity index (χ3n) is 5.78. The molecule has 192 valence electrons. The lowest BCUT2D eigenvalue weighted by molar-refractivity contribution is -0.134. The van der Waals surface area contributed by atoms with Gasteiger partial charge in [0.1, 0.15) is 12.6 Å². The van der Waals surface area contributed by atoms with Crippen LogP contribution in [0.25, 0.3) is 0 Å². The summed E-state index contributed by atoms with van der Waals surface area (Å²) in [6, 6.07) is 12.6. The van der Waals surface area contributed by atoms with Gasteiger partial charge < -0.3 is 29.2 Å². The van der Waals surface area contributed by atoms with Crippen molar-refractivity contribution in [1.82, 2.24) is 15.1 Å². The molecule has 1 fully saturated rings. The largest absolute Gasteiger partial charge is 0.493 e. The van der Waals surface area contributed by atoms with Crippen LogP contribution >= 0.6 is 12.4 Å². The summed E-state index contributed by atoms with van der Waals surface area (Å²) in [6.45, 7) is 5.03. The van der Waals surface area contributed by atoms with E-state index in [1.807, 2.05) is 42.5 Å². The minimum Gasteiger partial charge on any atom is -0.493 e. The van der Waals surface area contributed by atoms with E-state index >= 15 is 0 Å². The van der Waals surface area contributed by atoms with Gasteiger partial charge in [0.15, 0.2) is 11.5 Å². The molecule has 0 spiro atoms. The molecule has 2 amide bonds. The number of methoxy groups -OCH3 is 3. The number of halogens is 1. The first-order valence-electron chi connectivity index (χ1n) is 11.2. The fraction of sp³-hybridized carbons (Fsp3) is 0.440. The molecule has 1 N–H and O–H groups in total. The molecule has 1 heterocycles. The van der Waals surface area contributed by atoms with E-state index in [-0.39, 0.29) is 24.9 Å². The van der Waals surface area contributed by atoms with Crippen LogP contribution in [0.15, 0.2) is 42.5 Å². The van der Waals surface area contributed by atoms with Crippen LogP contribution in [0.1, 0.15) is 18.1 Å². The van der Waals surface area contributed by atoms with Gasteiger partial charge in [0, 0.05) is 38.3 Å². The number of hydrogen-bond donors (Lipinski definition) is 1. The van der Waals surface area contributed by atoms with Crippen LogP contribution in [0.4, 0.5) is 4.79 Å². The topological polar surface area (TPSA) is 89.6 Å². The van der Waals surface area contributed by atoms with Crippen LogP contribution < -0.4 is 19.5 Å². The number of nitrogens with one attached hydrogen (secondary N) is 1. The molecule has 1 aliphatic rings. The lowest BCUT2D eigenvalue weighted by Gasteiger charge is -2.36. The molecule has 0 aliphatic carbocycles. The first-order chi connectivity index (χ1) is 16.5. The molecule has 10 heteroatoms. The molecule has 1 atom stereocenters. The van der Waals surface area contributed by atoms with Gasteiger partial charge >= 0.3 is 6.09 Å². The number of nitrogens with zero attached hydrogens (tertiary/aromatic N) is 2. The highest BCUT2D eigenvalue weighted by molar-refractivity contribution is 5.85. The van der Waals surface area contributed by atoms with E-state index in [1.54, 1.807) is 33.2 Å². The molecule has 0 unspecified atom stereocenters. The minimum atomic E-state index is -0.666. The molecule has 0 aromatic heterocycles. The monoisotopic (exact) mass is 507 g/mol. The smallest absolute Gasteiger partial charge is 0.408 e. The van der Waals surface area contributed by atoms with Gasteiger partial charge in [0.05, 0.1) is 21.3 Å². The third kappa shape index (κ3) is 7.40. The van der Waals surface area contributed by atoms with Crippen molar-refractivity contribution in [3.63, 3.8) is 0 Å². The Kier molecular flexibility index (Phi) is 10.9. The average Bonchev–Trinajstić information content (AvgIpc) is 2.87. The van der Waals surface area contributed by atoms with Crippen LogP contribution in [0.5, 0.6) is 17.2 Å². The predicted octanol–water partition coefficient (Wildman–Crippen LogP) is 3.09. The molecule has 9 nitrogen and oxygen atoms in total. The number of hydrogen-bond acceptors (Lipinski definition) is 7. The molecule has 0 saturated carbocycles. The van der Waals surface area contributed by atoms with Gasteiger partial charge in [0.2, 0.25) is 11.7 Å². The molecule has 0 radical (unpaired) electrons. The van der Waals surface area contributed by atoms with E-state index in [0.29, 0.717) is 50.0 Å². The maximum atomic E-state index is 12.8. The predicted molar refractivity (Wildman–Crippen MR) is 134 cm³/mol. The lowest BCUT2D eigenvalue weighted by Crippen LogP contribution is -2.54. The first-order valence-corrected chi connectivity index (χ1v) is 11.2. The Morgan fingerprint density at radius 3 is 2.17 bits per heavy atom. The molecule has 0 bridgehead atoms. The van der Waals surface area contributed by atoms with Gasteiger partial charge in [-0.3, -0.25) is 9.69 Å². The zero-order chi connectivity index (χ0) is 24.5. The quantitative estimate of drug-likeness (QED) is 0.558. The summed E-state index contributed by atoms with van der Waals surface area (Å²) in [5.41, 5.74) is 1.87. The van der Waals surface area contributed by atoms with Crippen molar-refractivity contribution in [3.8, 4) is 17.2 Å². The van der Waals surface area contributed by atoms with E-state index < -0.39 is 12.1 Å². The second kappa shape index (κ2) is 13.7. The fourth-order valence-corrected chi connectivity index (χ4v) is 3.93. The van der Waals surface area contributed by atoms with Gasteiger partial charge in [-0.1, -0.05) is 36.4 Å². The van der Waals surface area contributed by atoms with Crippen LogP contribution in [0.3, 0.4) is 0 Å². The molecule has 1 saturated heterocycles. The lowest BCUT2D eigenvalue weighted by atomic mass is 10.1. The Bertz CT molecular complexity index is 967. The maximum Gasteiger partial charge on any atom is 0.408 e. The second-order valence-corrected chi connectivity index (χ2v) is 8.02. The fourth-order valence-electron chi connectivity index (χ4n) is 3.93. The van der Waals surface area contributed by atoms with Gasteiger partial charge in [-0.25, -0.2) is 4.79 Å². The normalized spacial score (nSPS) is 14.3. The van der Waals surface area contributed by atoms with Gasteiger partial charge in [0.25, 0.3) is 0 Å². The molecular formula is C25H34ClN3O6. The van der Waals surface area contributed by atoms with Crippen molar-refractivity contribution in [3.05, 3.63) is 53.6 Å². The summed E-state index contributed by atoms with van der Waals surface area (Å²) < 4.78 is 21.6. The van der Waals surface area contributed by atoms with Crippen molar-refractivity contribution in [2.75, 3.05) is 47.5 Å². The van der Waals surface area contributed by atoms with E-state index in [0.717, 1.165) is 11.1 Å². The van der Waals surface area contributed by atoms with Gasteiger partial charge in [-0.15, -0.1) is 12.4 Å². The van der Waals surface area contributed by atoms with Gasteiger partial charge in [-0.05, 0) is 18.6 Å². The maximum absolute atomic E-state index is 12.8. The van der Waals surface area contributed by atoms with Crippen molar-refractivity contribution in [1.29, 1.82) is 0 Å². The molecule has 1 aliphatic heterocycles. The van der Waals surface area contributed by atoms with E-state index in [9.17, 15) is 9.59 Å². The number of alkyl carbamates (subject to hydrolysis) is 1. The van der Waals surface area contributed by atoms with E-state index in [4.69, 9.17) is 18.9 Å². The zero-order valence-electron chi connectivity index (χ0n) is 20.6. The second-order valence-electron chi connectivity index (χ2n) is 8.02. The zero-order valence-corrected chi connectivity index (χ0v) is 21.4. The Balaban J connectivity index is 0.00000432. The summed E-state index contributed by atoms with van der Waals surface area (Å²) >= 11 is 0. The highest BCUT2D eigenvalue weighted by atomic mass is 35.5. The Labute approximate surface area is 212 Å². The molecule has 2 aromatic rings. The molecule has 3 rings (SSSR count). The summed E-state index contributed by atoms with van der Waals surface area (Å²) in [6.07, 6.45) is -0.608. The van der Waals surface area contributed by atoms with Crippen molar-refractivity contribution < 1.29 is 28.5 Å².